The van der Waals surface area contributed by atoms with Crippen LogP contribution in [0, 0.1) is 10.1 Å². The fraction of sp³-hybridized carbons (Fsp3) is 0. The molecule has 0 fully saturated rings. The van der Waals surface area contributed by atoms with Crippen molar-refractivity contribution in [1.82, 2.24) is 4.98 Å². The van der Waals surface area contributed by atoms with E-state index in [0.29, 0.717) is 10.7 Å². The molecule has 0 aliphatic carbocycles. The summed E-state index contributed by atoms with van der Waals surface area (Å²) < 4.78 is 0. The number of H-pyrrole nitrogens is 1. The molecule has 4 nitrogen and oxygen atoms in total. The molecule has 11 heavy (non-hydrogen) atoms. The lowest BCUT2D eigenvalue weighted by Crippen LogP contribution is -1.81. The zero-order valence-electron chi connectivity index (χ0n) is 5.45. The van der Waals surface area contributed by atoms with Crippen LogP contribution in [0.2, 0.25) is 5.02 Å². The highest BCUT2D eigenvalue weighted by molar-refractivity contribution is 6.30. The fourth-order valence-corrected chi connectivity index (χ4v) is 0.794. The van der Waals surface area contributed by atoms with Gasteiger partial charge in [0.25, 0.3) is 0 Å². The van der Waals surface area contributed by atoms with Crippen LogP contribution in [0.5, 0.6) is 0 Å². The van der Waals surface area contributed by atoms with Gasteiger partial charge in [-0.15, -0.1) is 0 Å². The number of nitrogens with zero attached hydrogens (tertiary/aromatic N) is 1. The zero-order valence-corrected chi connectivity index (χ0v) is 6.21. The molecule has 0 amide bonds. The third kappa shape index (κ3) is 2.43. The van der Waals surface area contributed by atoms with E-state index in [4.69, 9.17) is 11.6 Å². The van der Waals surface area contributed by atoms with E-state index in [2.05, 4.69) is 4.98 Å². The average molecular weight is 173 g/mol. The molecule has 0 aliphatic rings. The third-order valence-corrected chi connectivity index (χ3v) is 1.26. The van der Waals surface area contributed by atoms with Crippen molar-refractivity contribution in [2.24, 2.45) is 0 Å². The second-order valence-electron chi connectivity index (χ2n) is 1.87. The number of hydrogen-bond donors (Lipinski definition) is 1. The van der Waals surface area contributed by atoms with Crippen LogP contribution in [-0.2, 0) is 0 Å². The summed E-state index contributed by atoms with van der Waals surface area (Å²) in [5, 5.41) is 10.4. The first-order valence-electron chi connectivity index (χ1n) is 2.84. The van der Waals surface area contributed by atoms with Crippen molar-refractivity contribution in [3.63, 3.8) is 0 Å². The molecule has 0 aromatic carbocycles. The molecule has 0 saturated heterocycles. The van der Waals surface area contributed by atoms with Crippen molar-refractivity contribution in [2.45, 2.75) is 0 Å². The third-order valence-electron chi connectivity index (χ3n) is 1.05. The Labute approximate surface area is 67.6 Å². The monoisotopic (exact) mass is 172 g/mol. The molecule has 0 bridgehead atoms. The van der Waals surface area contributed by atoms with Gasteiger partial charge in [0.15, 0.2) is 0 Å². The van der Waals surface area contributed by atoms with Crippen molar-refractivity contribution in [3.8, 4) is 0 Å². The van der Waals surface area contributed by atoms with Gasteiger partial charge in [-0.05, 0) is 6.07 Å². The smallest absolute Gasteiger partial charge is 0.236 e. The minimum atomic E-state index is -0.533. The Morgan fingerprint density at radius 2 is 2.45 bits per heavy atom. The SMILES string of the molecule is O=[N+]([O-])C=Cc1cc(Cl)c[nH]1. The van der Waals surface area contributed by atoms with Gasteiger partial charge in [-0.25, -0.2) is 0 Å². The van der Waals surface area contributed by atoms with E-state index >= 15 is 0 Å². The summed E-state index contributed by atoms with van der Waals surface area (Å²) in [6.07, 6.45) is 3.75. The molecule has 0 spiro atoms. The Morgan fingerprint density at radius 1 is 1.73 bits per heavy atom. The minimum absolute atomic E-state index is 0.533. The van der Waals surface area contributed by atoms with Crippen molar-refractivity contribution in [1.29, 1.82) is 0 Å². The number of halogens is 1. The molecule has 0 aliphatic heterocycles. The van der Waals surface area contributed by atoms with Crippen molar-refractivity contribution >= 4 is 17.7 Å². The quantitative estimate of drug-likeness (QED) is 0.547. The molecule has 1 N–H and O–H groups in total. The highest BCUT2D eigenvalue weighted by Crippen LogP contribution is 2.10. The van der Waals surface area contributed by atoms with E-state index in [1.54, 1.807) is 12.3 Å². The van der Waals surface area contributed by atoms with Crippen LogP contribution in [0.3, 0.4) is 0 Å². The second-order valence-corrected chi connectivity index (χ2v) is 2.31. The van der Waals surface area contributed by atoms with Gasteiger partial charge < -0.3 is 4.98 Å². The van der Waals surface area contributed by atoms with Gasteiger partial charge in [-0.3, -0.25) is 10.1 Å². The number of rotatable bonds is 2. The van der Waals surface area contributed by atoms with E-state index in [0.717, 1.165) is 6.20 Å². The average Bonchev–Trinajstić information content (AvgIpc) is 2.31. The molecule has 0 atom stereocenters. The Balaban J connectivity index is 2.71. The minimum Gasteiger partial charge on any atom is -0.360 e. The first kappa shape index (κ1) is 7.81. The van der Waals surface area contributed by atoms with Crippen molar-refractivity contribution < 1.29 is 4.92 Å². The van der Waals surface area contributed by atoms with E-state index in [9.17, 15) is 10.1 Å². The van der Waals surface area contributed by atoms with Crippen LogP contribution in [0.1, 0.15) is 5.69 Å². The summed E-state index contributed by atoms with van der Waals surface area (Å²) in [6.45, 7) is 0. The maximum Gasteiger partial charge on any atom is 0.236 e. The number of aromatic amines is 1. The van der Waals surface area contributed by atoms with E-state index in [1.807, 2.05) is 0 Å². The predicted molar refractivity (Wildman–Crippen MR) is 41.8 cm³/mol. The summed E-state index contributed by atoms with van der Waals surface area (Å²) >= 11 is 5.54. The number of hydrogen-bond acceptors (Lipinski definition) is 2. The molecule has 1 aromatic rings. The molecular weight excluding hydrogens is 168 g/mol. The summed E-state index contributed by atoms with van der Waals surface area (Å²) in [5.74, 6) is 0. The lowest BCUT2D eigenvalue weighted by Gasteiger charge is -1.79. The topological polar surface area (TPSA) is 58.9 Å². The highest BCUT2D eigenvalue weighted by atomic mass is 35.5. The molecule has 1 aromatic heterocycles. The number of nitro groups is 1. The van der Waals surface area contributed by atoms with Gasteiger partial charge in [0.1, 0.15) is 0 Å². The second kappa shape index (κ2) is 3.21. The molecular formula is C6H5ClN2O2. The Bertz CT molecular complexity index is 293. The van der Waals surface area contributed by atoms with Crippen molar-refractivity contribution in [2.75, 3.05) is 0 Å². The van der Waals surface area contributed by atoms with Gasteiger partial charge >= 0.3 is 0 Å². The maximum absolute atomic E-state index is 9.85. The fourth-order valence-electron chi connectivity index (χ4n) is 0.622. The van der Waals surface area contributed by atoms with E-state index < -0.39 is 4.92 Å². The van der Waals surface area contributed by atoms with Crippen LogP contribution in [0.15, 0.2) is 18.5 Å². The number of nitrogens with one attached hydrogen (secondary N) is 1. The van der Waals surface area contributed by atoms with Gasteiger partial charge in [-0.2, -0.15) is 0 Å². The molecule has 0 saturated carbocycles. The zero-order chi connectivity index (χ0) is 8.27. The molecule has 1 heterocycles. The van der Waals surface area contributed by atoms with Crippen LogP contribution < -0.4 is 0 Å². The van der Waals surface area contributed by atoms with Crippen LogP contribution >= 0.6 is 11.6 Å². The summed E-state index contributed by atoms with van der Waals surface area (Å²) in [4.78, 5) is 12.1. The predicted octanol–water partition coefficient (Wildman–Crippen LogP) is 1.92. The Kier molecular flexibility index (Phi) is 2.28. The molecule has 0 unspecified atom stereocenters. The van der Waals surface area contributed by atoms with Gasteiger partial charge in [0, 0.05) is 18.0 Å². The molecule has 1 rings (SSSR count). The molecule has 58 valence electrons. The first-order valence-corrected chi connectivity index (χ1v) is 3.22. The lowest BCUT2D eigenvalue weighted by molar-refractivity contribution is -0.401. The first-order chi connectivity index (χ1) is 5.18. The van der Waals surface area contributed by atoms with E-state index in [1.165, 1.54) is 6.08 Å². The standard InChI is InChI=1S/C6H5ClN2O2/c7-5-3-6(8-4-5)1-2-9(10)11/h1-4,8H. The Hall–Kier alpha value is -1.29. The normalized spacial score (nSPS) is 10.6. The van der Waals surface area contributed by atoms with Crippen LogP contribution in [-0.4, -0.2) is 9.91 Å². The van der Waals surface area contributed by atoms with Gasteiger partial charge in [0.05, 0.1) is 9.95 Å². The summed E-state index contributed by atoms with van der Waals surface area (Å²) in [5.41, 5.74) is 0.617. The van der Waals surface area contributed by atoms with Crippen LogP contribution in [0.4, 0.5) is 0 Å². The van der Waals surface area contributed by atoms with Crippen LogP contribution in [0.25, 0.3) is 6.08 Å². The Morgan fingerprint density at radius 3 is 2.91 bits per heavy atom. The molecule has 0 radical (unpaired) electrons. The summed E-state index contributed by atoms with van der Waals surface area (Å²) in [7, 11) is 0. The number of aromatic nitrogens is 1. The van der Waals surface area contributed by atoms with E-state index in [-0.39, 0.29) is 0 Å². The maximum atomic E-state index is 9.85. The highest BCUT2D eigenvalue weighted by Gasteiger charge is 1.92. The largest absolute Gasteiger partial charge is 0.360 e. The van der Waals surface area contributed by atoms with Gasteiger partial charge in [-0.1, -0.05) is 11.6 Å². The van der Waals surface area contributed by atoms with Gasteiger partial charge in [0.2, 0.25) is 6.20 Å². The summed E-state index contributed by atoms with van der Waals surface area (Å²) in [6, 6.07) is 1.60. The lowest BCUT2D eigenvalue weighted by atomic mass is 10.4. The van der Waals surface area contributed by atoms with Crippen molar-refractivity contribution in [3.05, 3.63) is 39.3 Å². The molecule has 5 heteroatoms.